The number of hydrogen-bond acceptors (Lipinski definition) is 8. The average Bonchev–Trinajstić information content (AvgIpc) is 1.60. The fraction of sp³-hybridized carbons (Fsp3) is 0.255. The van der Waals surface area contributed by atoms with Crippen LogP contribution in [0.5, 0.6) is 0 Å². The maximum absolute atomic E-state index is 5.16. The minimum atomic E-state index is -0.220. The Morgan fingerprint density at radius 2 is 0.531 bits per heavy atom. The fourth-order valence-electron chi connectivity index (χ4n) is 13.4. The summed E-state index contributed by atoms with van der Waals surface area (Å²) in [6, 6.07) is 94.6. The van der Waals surface area contributed by atoms with Crippen LogP contribution in [0.4, 0.5) is 0 Å². The molecule has 576 valence electrons. The Bertz CT molecular complexity index is 5630. The molecule has 0 unspecified atom stereocenters. The Balaban J connectivity index is 0.000000156. The molecule has 0 atom stereocenters. The molecule has 11 heteroatoms. The quantitative estimate of drug-likeness (QED) is 0.155. The van der Waals surface area contributed by atoms with Crippen LogP contribution in [0.25, 0.3) is 117 Å². The van der Waals surface area contributed by atoms with Crippen molar-refractivity contribution in [3.8, 4) is 51.4 Å². The van der Waals surface area contributed by atoms with Gasteiger partial charge in [0, 0.05) is 96.4 Å². The Hall–Kier alpha value is -12.1. The first-order valence-electron chi connectivity index (χ1n) is 38.2. The van der Waals surface area contributed by atoms with Crippen LogP contribution in [0, 0.1) is 0 Å². The Kier molecular flexibility index (Phi) is 25.6. The molecule has 0 bridgehead atoms. The van der Waals surface area contributed by atoms with Crippen molar-refractivity contribution in [3.63, 3.8) is 0 Å². The van der Waals surface area contributed by atoms with Crippen LogP contribution < -0.4 is 0 Å². The molecule has 0 amide bonds. The topological polar surface area (TPSA) is 118 Å². The molecule has 0 saturated carbocycles. The number of fused-ring (bicyclic) bond motifs is 9. The van der Waals surface area contributed by atoms with Gasteiger partial charge < -0.3 is 0 Å². The van der Waals surface area contributed by atoms with Crippen LogP contribution in [-0.4, -0.2) is 53.6 Å². The van der Waals surface area contributed by atoms with Gasteiger partial charge in [0.1, 0.15) is 23.3 Å². The summed E-state index contributed by atoms with van der Waals surface area (Å²) in [6.45, 7) is 37.0. The second-order valence-corrected chi connectivity index (χ2v) is 33.7. The second kappa shape index (κ2) is 34.7. The van der Waals surface area contributed by atoms with Crippen molar-refractivity contribution < 1.29 is 0 Å². The van der Waals surface area contributed by atoms with Gasteiger partial charge in [-0.3, -0.25) is 23.7 Å². The molecule has 113 heavy (non-hydrogen) atoms. The summed E-state index contributed by atoms with van der Waals surface area (Å²) in [6.07, 6.45) is 7.84. The Morgan fingerprint density at radius 1 is 0.248 bits per heavy atom. The van der Waals surface area contributed by atoms with Gasteiger partial charge in [0.15, 0.2) is 0 Å². The predicted molar refractivity (Wildman–Crippen MR) is 482 cm³/mol. The van der Waals surface area contributed by atoms with Crippen molar-refractivity contribution >= 4 is 65.4 Å². The van der Waals surface area contributed by atoms with Gasteiger partial charge in [-0.25, -0.2) is 29.9 Å². The molecule has 11 nitrogen and oxygen atoms in total. The van der Waals surface area contributed by atoms with Crippen molar-refractivity contribution in [3.05, 3.63) is 332 Å². The Morgan fingerprint density at radius 3 is 0.823 bits per heavy atom. The van der Waals surface area contributed by atoms with Crippen LogP contribution in [-0.2, 0) is 27.1 Å². The highest BCUT2D eigenvalue weighted by molar-refractivity contribution is 6.11. The maximum atomic E-state index is 5.16. The zero-order valence-electron chi connectivity index (χ0n) is 66.8. The van der Waals surface area contributed by atoms with Crippen LogP contribution in [0.3, 0.4) is 0 Å². The number of hydrogen-bond donors (Lipinski definition) is 0. The third kappa shape index (κ3) is 18.8. The molecule has 0 spiro atoms. The lowest BCUT2D eigenvalue weighted by molar-refractivity contribution is 0.542. The number of aromatic nitrogens is 11. The van der Waals surface area contributed by atoms with E-state index in [9.17, 15) is 0 Å². The zero-order chi connectivity index (χ0) is 77.7. The fourth-order valence-corrected chi connectivity index (χ4v) is 13.4. The first-order chi connectivity index (χ1) is 52.6. The minimum absolute atomic E-state index is 0. The van der Waals surface area contributed by atoms with E-state index < -0.39 is 0 Å². The van der Waals surface area contributed by atoms with Crippen LogP contribution in [0.15, 0.2) is 298 Å². The van der Waals surface area contributed by atoms with E-state index in [0.29, 0.717) is 5.92 Å². The van der Waals surface area contributed by atoms with E-state index in [-0.39, 0.29) is 49.4 Å². The van der Waals surface area contributed by atoms with E-state index in [4.69, 9.17) is 19.9 Å². The van der Waals surface area contributed by atoms with Gasteiger partial charge in [0.2, 0.25) is 5.95 Å². The van der Waals surface area contributed by atoms with Crippen molar-refractivity contribution in [2.75, 3.05) is 0 Å². The third-order valence-corrected chi connectivity index (χ3v) is 19.8. The van der Waals surface area contributed by atoms with E-state index >= 15 is 0 Å². The summed E-state index contributed by atoms with van der Waals surface area (Å²) in [5.41, 5.74) is 18.2. The first kappa shape index (κ1) is 83.4. The molecule has 8 heterocycles. The van der Waals surface area contributed by atoms with Crippen LogP contribution in [0.1, 0.15) is 180 Å². The summed E-state index contributed by atoms with van der Waals surface area (Å²) in [5.74, 6) is 4.68. The summed E-state index contributed by atoms with van der Waals surface area (Å²) in [7, 11) is 0. The highest BCUT2D eigenvalue weighted by atomic mass is 15.2. The van der Waals surface area contributed by atoms with Crippen LogP contribution in [0.2, 0.25) is 0 Å². The Labute approximate surface area is 671 Å². The molecule has 0 saturated heterocycles. The monoisotopic (exact) mass is 1490 g/mol. The molecule has 0 radical (unpaired) electrons. The molecule has 0 fully saturated rings. The van der Waals surface area contributed by atoms with Gasteiger partial charge in [-0.05, 0) is 93.5 Å². The average molecular weight is 1490 g/mol. The lowest BCUT2D eigenvalue weighted by atomic mass is 9.88. The number of pyridine rings is 2. The second-order valence-electron chi connectivity index (χ2n) is 33.7. The first-order valence-corrected chi connectivity index (χ1v) is 38.2. The van der Waals surface area contributed by atoms with Gasteiger partial charge in [-0.2, -0.15) is 0 Å². The summed E-state index contributed by atoms with van der Waals surface area (Å²) in [4.78, 5) is 38.1. The van der Waals surface area contributed by atoms with Crippen molar-refractivity contribution in [2.45, 2.75) is 173 Å². The number of nitrogens with zero attached hydrogens (tertiary/aromatic N) is 11. The lowest BCUT2D eigenvalue weighted by Gasteiger charge is -2.20. The summed E-state index contributed by atoms with van der Waals surface area (Å²) in [5, 5.41) is 7.35. The van der Waals surface area contributed by atoms with E-state index in [0.717, 1.165) is 96.1 Å². The molecule has 9 aromatic carbocycles. The highest BCUT2D eigenvalue weighted by Crippen LogP contribution is 2.38. The molecular formula is C102H113N11. The van der Waals surface area contributed by atoms with Gasteiger partial charge in [0.25, 0.3) is 0 Å². The summed E-state index contributed by atoms with van der Waals surface area (Å²) >= 11 is 0. The number of benzene rings is 9. The SMILES string of the molecule is C.C.C.CC(C)(C)c1ccc(-c2ccccc2)nc1.CC(C)(C)c1cnc(-n2c3ccccc3c3ccccc32)nc1.CC(C)(C)c1nc(-c2ccccc2)cc(-c2ccccc2)n1.CC(C)(C)c1nc(-n2c3ccccc3c3ccccc32)cc(-n2c3ccccc3c3ccccc32)n1.CC(C)c1ccc(C(C)(C)C)cn1. The van der Waals surface area contributed by atoms with Gasteiger partial charge in [-0.1, -0.05) is 352 Å². The molecule has 0 aliphatic carbocycles. The molecule has 8 aromatic heterocycles. The standard InChI is InChI=1S/C32H26N4.C20H19N3.C20H20N2.C15H17N.C12H19N.3CH4/c1-32(2,3)31-33-29(35-25-16-8-4-12-21(25)22-13-5-9-17-26(22)35)20-30(34-31)36-27-18-10-6-14-23(27)24-15-7-11-19-28(24)36;1-20(2,3)14-12-21-19(22-13-14)23-17-10-6-4-8-15(17)16-9-5-7-11-18(16)23;1-20(2,3)19-21-17(15-10-6-4-7-11-15)14-18(22-19)16-12-8-5-9-13-16;1-15(2,3)13-9-10-14(16-11-13)12-7-5-4-6-8-12;1-9(2)11-7-6-10(8-13-11)12(3,4)5;;;/h4-20H,1-3H3;4-13H,1-3H3;4-14H,1-3H3;4-11H,1-3H3;6-9H,1-5H3;3*1H4. The number of para-hydroxylation sites is 6. The molecule has 17 rings (SSSR count). The third-order valence-electron chi connectivity index (χ3n) is 19.8. The zero-order valence-corrected chi connectivity index (χ0v) is 66.8. The maximum Gasteiger partial charge on any atom is 0.234 e. The largest absolute Gasteiger partial charge is 0.294 e. The van der Waals surface area contributed by atoms with Crippen molar-refractivity contribution in [1.82, 2.24) is 53.6 Å². The normalized spacial score (nSPS) is 11.6. The van der Waals surface area contributed by atoms with E-state index in [1.807, 2.05) is 79.4 Å². The van der Waals surface area contributed by atoms with Gasteiger partial charge >= 0.3 is 0 Å². The lowest BCUT2D eigenvalue weighted by Crippen LogP contribution is -2.19. The van der Waals surface area contributed by atoms with E-state index in [1.54, 1.807) is 0 Å². The van der Waals surface area contributed by atoms with Gasteiger partial charge in [0.05, 0.1) is 50.2 Å². The van der Waals surface area contributed by atoms with E-state index in [1.165, 1.54) is 54.7 Å². The molecule has 0 aliphatic heterocycles. The summed E-state index contributed by atoms with van der Waals surface area (Å²) < 4.78 is 6.69. The van der Waals surface area contributed by atoms with E-state index in [2.05, 4.69) is 370 Å². The van der Waals surface area contributed by atoms with Crippen LogP contribution >= 0.6 is 0 Å². The molecule has 0 aliphatic rings. The van der Waals surface area contributed by atoms with Crippen molar-refractivity contribution in [2.24, 2.45) is 0 Å². The predicted octanol–water partition coefficient (Wildman–Crippen LogP) is 27.4. The minimum Gasteiger partial charge on any atom is -0.294 e. The number of rotatable bonds is 7. The smallest absolute Gasteiger partial charge is 0.234 e. The molecule has 0 N–H and O–H groups in total. The highest BCUT2D eigenvalue weighted by Gasteiger charge is 2.26. The van der Waals surface area contributed by atoms with Gasteiger partial charge in [-0.15, -0.1) is 0 Å². The molecule has 17 aromatic rings. The molecular weight excluding hydrogens is 1380 g/mol. The van der Waals surface area contributed by atoms with Crippen molar-refractivity contribution in [1.29, 1.82) is 0 Å².